The molecule has 3 aromatic rings. The van der Waals surface area contributed by atoms with Crippen molar-refractivity contribution in [2.75, 3.05) is 0 Å². The van der Waals surface area contributed by atoms with Crippen molar-refractivity contribution in [2.45, 2.75) is 31.8 Å². The number of hydrogen-bond donors (Lipinski definition) is 1. The summed E-state index contributed by atoms with van der Waals surface area (Å²) < 4.78 is 1.37. The number of hydrogen-bond acceptors (Lipinski definition) is 4. The highest BCUT2D eigenvalue weighted by Gasteiger charge is 2.21. The predicted molar refractivity (Wildman–Crippen MR) is 94.1 cm³/mol. The fourth-order valence-electron chi connectivity index (χ4n) is 3.30. The summed E-state index contributed by atoms with van der Waals surface area (Å²) in [6.07, 6.45) is 4.50. The molecule has 0 spiro atoms. The van der Waals surface area contributed by atoms with E-state index in [1.54, 1.807) is 6.07 Å². The lowest BCUT2D eigenvalue weighted by Crippen LogP contribution is -2.36. The maximum atomic E-state index is 12.4. The van der Waals surface area contributed by atoms with Gasteiger partial charge in [0.15, 0.2) is 0 Å². The summed E-state index contributed by atoms with van der Waals surface area (Å²) in [4.78, 5) is 29.7. The van der Waals surface area contributed by atoms with Crippen LogP contribution in [0, 0.1) is 0 Å². The number of nitrogens with one attached hydrogen (secondary N) is 1. The van der Waals surface area contributed by atoms with Crippen LogP contribution in [0.3, 0.4) is 0 Å². The number of rotatable bonds is 3. The van der Waals surface area contributed by atoms with Gasteiger partial charge in [0.05, 0.1) is 17.8 Å². The Hall–Kier alpha value is -2.47. The van der Waals surface area contributed by atoms with Crippen LogP contribution in [-0.2, 0) is 17.8 Å². The SMILES string of the molecule is O=C(Cn1cnc2sccc2c1=O)N[C@H]1CCCc2ccccc21. The average molecular weight is 339 g/mol. The van der Waals surface area contributed by atoms with E-state index in [9.17, 15) is 9.59 Å². The summed E-state index contributed by atoms with van der Waals surface area (Å²) in [5, 5.41) is 5.47. The zero-order valence-corrected chi connectivity index (χ0v) is 13.9. The van der Waals surface area contributed by atoms with Crippen LogP contribution in [0.5, 0.6) is 0 Å². The van der Waals surface area contributed by atoms with Gasteiger partial charge >= 0.3 is 0 Å². The highest BCUT2D eigenvalue weighted by Crippen LogP contribution is 2.29. The normalized spacial score (nSPS) is 16.8. The van der Waals surface area contributed by atoms with E-state index < -0.39 is 0 Å². The number of amides is 1. The van der Waals surface area contributed by atoms with Crippen LogP contribution in [0.15, 0.2) is 46.8 Å². The molecule has 2 aromatic heterocycles. The largest absolute Gasteiger partial charge is 0.348 e. The van der Waals surface area contributed by atoms with Gasteiger partial charge in [-0.3, -0.25) is 14.2 Å². The first kappa shape index (κ1) is 15.1. The lowest BCUT2D eigenvalue weighted by Gasteiger charge is -2.26. The van der Waals surface area contributed by atoms with Crippen LogP contribution in [0.4, 0.5) is 0 Å². The molecule has 1 aliphatic rings. The molecule has 0 fully saturated rings. The Morgan fingerprint density at radius 1 is 1.33 bits per heavy atom. The minimum atomic E-state index is -0.166. The number of aryl methyl sites for hydroxylation is 1. The van der Waals surface area contributed by atoms with Gasteiger partial charge in [-0.2, -0.15) is 0 Å². The van der Waals surface area contributed by atoms with E-state index in [0.29, 0.717) is 10.2 Å². The molecule has 2 heterocycles. The Morgan fingerprint density at radius 2 is 2.21 bits per heavy atom. The van der Waals surface area contributed by atoms with Crippen molar-refractivity contribution in [1.82, 2.24) is 14.9 Å². The molecule has 0 radical (unpaired) electrons. The van der Waals surface area contributed by atoms with Gasteiger partial charge in [0.25, 0.3) is 5.56 Å². The Kier molecular flexibility index (Phi) is 3.90. The van der Waals surface area contributed by atoms with E-state index in [-0.39, 0.29) is 24.1 Å². The van der Waals surface area contributed by atoms with E-state index in [2.05, 4.69) is 22.4 Å². The fourth-order valence-corrected chi connectivity index (χ4v) is 4.03. The Bertz CT molecular complexity index is 960. The Labute approximate surface area is 143 Å². The minimum absolute atomic E-state index is 0.00368. The van der Waals surface area contributed by atoms with Gasteiger partial charge in [0, 0.05) is 0 Å². The maximum Gasteiger partial charge on any atom is 0.262 e. The fraction of sp³-hybridized carbons (Fsp3) is 0.278. The van der Waals surface area contributed by atoms with Crippen molar-refractivity contribution in [3.05, 3.63) is 63.5 Å². The molecule has 5 nitrogen and oxygen atoms in total. The highest BCUT2D eigenvalue weighted by molar-refractivity contribution is 7.16. The third-order valence-electron chi connectivity index (χ3n) is 4.47. The molecule has 24 heavy (non-hydrogen) atoms. The molecular formula is C18H17N3O2S. The van der Waals surface area contributed by atoms with Gasteiger partial charge in [-0.15, -0.1) is 11.3 Å². The monoisotopic (exact) mass is 339 g/mol. The molecule has 0 aliphatic heterocycles. The van der Waals surface area contributed by atoms with Gasteiger partial charge in [-0.25, -0.2) is 4.98 Å². The van der Waals surface area contributed by atoms with Crippen LogP contribution in [0.25, 0.3) is 10.2 Å². The van der Waals surface area contributed by atoms with Gasteiger partial charge < -0.3 is 5.32 Å². The first-order valence-corrected chi connectivity index (χ1v) is 8.90. The standard InChI is InChI=1S/C18H17N3O2S/c22-16(10-21-11-19-17-14(18(21)23)8-9-24-17)20-15-7-3-5-12-4-1-2-6-13(12)15/h1-2,4,6,8-9,11,15H,3,5,7,10H2,(H,20,22)/t15-/m0/s1. The minimum Gasteiger partial charge on any atom is -0.348 e. The van der Waals surface area contributed by atoms with Crippen molar-refractivity contribution in [2.24, 2.45) is 0 Å². The zero-order chi connectivity index (χ0) is 16.5. The lowest BCUT2D eigenvalue weighted by molar-refractivity contribution is -0.122. The number of benzene rings is 1. The highest BCUT2D eigenvalue weighted by atomic mass is 32.1. The molecule has 6 heteroatoms. The summed E-state index contributed by atoms with van der Waals surface area (Å²) in [5.41, 5.74) is 2.32. The number of aromatic nitrogens is 2. The molecule has 1 atom stereocenters. The van der Waals surface area contributed by atoms with E-state index in [1.165, 1.54) is 33.4 Å². The molecule has 1 amide bonds. The Balaban J connectivity index is 1.53. The second kappa shape index (κ2) is 6.20. The molecule has 1 aliphatic carbocycles. The van der Waals surface area contributed by atoms with Crippen molar-refractivity contribution < 1.29 is 4.79 Å². The Morgan fingerprint density at radius 3 is 3.12 bits per heavy atom. The summed E-state index contributed by atoms with van der Waals surface area (Å²) in [5.74, 6) is -0.157. The van der Waals surface area contributed by atoms with E-state index in [1.807, 2.05) is 17.5 Å². The molecule has 4 rings (SSSR count). The molecular weight excluding hydrogens is 322 g/mol. The van der Waals surface area contributed by atoms with Crippen molar-refractivity contribution in [1.29, 1.82) is 0 Å². The van der Waals surface area contributed by atoms with Crippen LogP contribution < -0.4 is 10.9 Å². The van der Waals surface area contributed by atoms with Crippen LogP contribution in [-0.4, -0.2) is 15.5 Å². The van der Waals surface area contributed by atoms with Crippen LogP contribution in [0.2, 0.25) is 0 Å². The van der Waals surface area contributed by atoms with Crippen molar-refractivity contribution in [3.8, 4) is 0 Å². The number of carbonyl (C=O) groups is 1. The summed E-state index contributed by atoms with van der Waals surface area (Å²) in [7, 11) is 0. The predicted octanol–water partition coefficient (Wildman–Crippen LogP) is 2.65. The molecule has 0 saturated heterocycles. The molecule has 0 bridgehead atoms. The van der Waals surface area contributed by atoms with Gasteiger partial charge in [0.1, 0.15) is 11.4 Å². The van der Waals surface area contributed by atoms with Crippen molar-refractivity contribution in [3.63, 3.8) is 0 Å². The van der Waals surface area contributed by atoms with E-state index in [0.717, 1.165) is 19.3 Å². The van der Waals surface area contributed by atoms with E-state index in [4.69, 9.17) is 0 Å². The van der Waals surface area contributed by atoms with Gasteiger partial charge in [-0.1, -0.05) is 24.3 Å². The third-order valence-corrected chi connectivity index (χ3v) is 5.29. The topological polar surface area (TPSA) is 64.0 Å². The first-order chi connectivity index (χ1) is 11.7. The summed E-state index contributed by atoms with van der Waals surface area (Å²) in [6, 6.07) is 10.0. The zero-order valence-electron chi connectivity index (χ0n) is 13.1. The molecule has 1 aromatic carbocycles. The van der Waals surface area contributed by atoms with Crippen LogP contribution >= 0.6 is 11.3 Å². The maximum absolute atomic E-state index is 12.4. The molecule has 122 valence electrons. The number of fused-ring (bicyclic) bond motifs is 2. The average Bonchev–Trinajstić information content (AvgIpc) is 3.07. The lowest BCUT2D eigenvalue weighted by atomic mass is 9.88. The van der Waals surface area contributed by atoms with Gasteiger partial charge in [-0.05, 0) is 41.8 Å². The molecule has 0 saturated carbocycles. The van der Waals surface area contributed by atoms with E-state index >= 15 is 0 Å². The van der Waals surface area contributed by atoms with Gasteiger partial charge in [0.2, 0.25) is 5.91 Å². The second-order valence-corrected chi connectivity index (χ2v) is 6.92. The smallest absolute Gasteiger partial charge is 0.262 e. The van der Waals surface area contributed by atoms with Crippen LogP contribution in [0.1, 0.15) is 30.0 Å². The number of thiophene rings is 1. The molecule has 1 N–H and O–H groups in total. The number of nitrogens with zero attached hydrogens (tertiary/aromatic N) is 2. The first-order valence-electron chi connectivity index (χ1n) is 8.02. The molecule has 0 unspecified atom stereocenters. The summed E-state index contributed by atoms with van der Waals surface area (Å²) in [6.45, 7) is -0.00368. The summed E-state index contributed by atoms with van der Waals surface area (Å²) >= 11 is 1.42. The van der Waals surface area contributed by atoms with Crippen molar-refractivity contribution >= 4 is 27.5 Å². The quantitative estimate of drug-likeness (QED) is 0.798. The third kappa shape index (κ3) is 2.73. The second-order valence-electron chi connectivity index (χ2n) is 6.03. The number of carbonyl (C=O) groups excluding carboxylic acids is 1.